The van der Waals surface area contributed by atoms with E-state index < -0.39 is 0 Å². The topological polar surface area (TPSA) is 20.3 Å². The van der Waals surface area contributed by atoms with E-state index in [0.29, 0.717) is 11.8 Å². The van der Waals surface area contributed by atoms with Crippen LogP contribution in [0.1, 0.15) is 26.2 Å². The van der Waals surface area contributed by atoms with Crippen molar-refractivity contribution in [1.29, 1.82) is 0 Å². The van der Waals surface area contributed by atoms with E-state index in [1.807, 2.05) is 11.9 Å². The van der Waals surface area contributed by atoms with Gasteiger partial charge in [-0.2, -0.15) is 0 Å². The summed E-state index contributed by atoms with van der Waals surface area (Å²) in [7, 11) is 1.93. The van der Waals surface area contributed by atoms with Crippen LogP contribution in [0.5, 0.6) is 0 Å². The van der Waals surface area contributed by atoms with E-state index in [2.05, 4.69) is 6.92 Å². The zero-order valence-corrected chi connectivity index (χ0v) is 7.92. The molecule has 0 radical (unpaired) electrons. The third-order valence-corrected chi connectivity index (χ3v) is 3.68. The van der Waals surface area contributed by atoms with Gasteiger partial charge in [-0.25, -0.2) is 0 Å². The van der Waals surface area contributed by atoms with Crippen molar-refractivity contribution in [2.24, 2.45) is 17.8 Å². The fraction of sp³-hybridized carbons (Fsp3) is 0.900. The molecule has 2 rings (SSSR count). The number of hydrogen-bond donors (Lipinski definition) is 0. The van der Waals surface area contributed by atoms with Gasteiger partial charge >= 0.3 is 0 Å². The molecule has 0 aromatic heterocycles. The Bertz CT molecular complexity index is 202. The van der Waals surface area contributed by atoms with Gasteiger partial charge in [-0.05, 0) is 24.2 Å². The Morgan fingerprint density at radius 1 is 1.42 bits per heavy atom. The quantitative estimate of drug-likeness (QED) is 0.535. The average Bonchev–Trinajstić information content (AvgIpc) is 2.35. The van der Waals surface area contributed by atoms with E-state index in [1.54, 1.807) is 0 Å². The molecule has 2 fully saturated rings. The van der Waals surface area contributed by atoms with Gasteiger partial charge < -0.3 is 4.90 Å². The second kappa shape index (κ2) is 2.75. The molecule has 0 unspecified atom stereocenters. The fourth-order valence-electron chi connectivity index (χ4n) is 2.75. The fourth-order valence-corrected chi connectivity index (χ4v) is 2.75. The van der Waals surface area contributed by atoms with Crippen LogP contribution in [0.15, 0.2) is 0 Å². The van der Waals surface area contributed by atoms with Crippen LogP contribution in [-0.4, -0.2) is 24.4 Å². The predicted molar refractivity (Wildman–Crippen MR) is 47.6 cm³/mol. The highest BCUT2D eigenvalue weighted by Gasteiger charge is 2.39. The molecule has 12 heavy (non-hydrogen) atoms. The molecule has 3 atom stereocenters. The van der Waals surface area contributed by atoms with E-state index in [4.69, 9.17) is 0 Å². The number of fused-ring (bicyclic) bond motifs is 1. The summed E-state index contributed by atoms with van der Waals surface area (Å²) in [5, 5.41) is 0. The second-order valence-corrected chi connectivity index (χ2v) is 4.46. The van der Waals surface area contributed by atoms with Crippen LogP contribution in [0.2, 0.25) is 0 Å². The van der Waals surface area contributed by atoms with Gasteiger partial charge in [0.2, 0.25) is 5.91 Å². The minimum atomic E-state index is 0.352. The summed E-state index contributed by atoms with van der Waals surface area (Å²) in [6.45, 7) is 3.33. The first-order valence-corrected chi connectivity index (χ1v) is 4.92. The third kappa shape index (κ3) is 1.13. The zero-order valence-electron chi connectivity index (χ0n) is 7.92. The van der Waals surface area contributed by atoms with Crippen LogP contribution in [-0.2, 0) is 4.79 Å². The SMILES string of the molecule is C[C@H]1CC[C@@H]2CC(=O)N(C)C[C@@H]21. The first-order valence-electron chi connectivity index (χ1n) is 4.92. The first-order chi connectivity index (χ1) is 5.68. The number of piperidine rings is 1. The molecule has 1 amide bonds. The molecule has 0 bridgehead atoms. The molecule has 0 N–H and O–H groups in total. The summed E-state index contributed by atoms with van der Waals surface area (Å²) in [6.07, 6.45) is 3.42. The minimum absolute atomic E-state index is 0.352. The van der Waals surface area contributed by atoms with Crippen LogP contribution in [0.3, 0.4) is 0 Å². The molecule has 1 saturated heterocycles. The molecule has 1 heterocycles. The lowest BCUT2D eigenvalue weighted by atomic mass is 9.84. The maximum absolute atomic E-state index is 11.4. The van der Waals surface area contributed by atoms with Crippen molar-refractivity contribution in [1.82, 2.24) is 4.90 Å². The van der Waals surface area contributed by atoms with Crippen molar-refractivity contribution in [3.05, 3.63) is 0 Å². The smallest absolute Gasteiger partial charge is 0.222 e. The lowest BCUT2D eigenvalue weighted by molar-refractivity contribution is -0.135. The molecule has 0 aromatic rings. The Balaban J connectivity index is 2.09. The number of nitrogens with zero attached hydrogens (tertiary/aromatic N) is 1. The number of amides is 1. The molecule has 2 heteroatoms. The Kier molecular flexibility index (Phi) is 1.85. The van der Waals surface area contributed by atoms with Crippen LogP contribution in [0, 0.1) is 17.8 Å². The first kappa shape index (κ1) is 8.09. The molecular formula is C10H17NO. The maximum atomic E-state index is 11.4. The van der Waals surface area contributed by atoms with E-state index >= 15 is 0 Å². The van der Waals surface area contributed by atoms with Crippen LogP contribution in [0.4, 0.5) is 0 Å². The van der Waals surface area contributed by atoms with Gasteiger partial charge in [0.1, 0.15) is 0 Å². The van der Waals surface area contributed by atoms with Crippen molar-refractivity contribution >= 4 is 5.91 Å². The van der Waals surface area contributed by atoms with Gasteiger partial charge in [-0.1, -0.05) is 13.3 Å². The lowest BCUT2D eigenvalue weighted by Crippen LogP contribution is -2.41. The summed E-state index contributed by atoms with van der Waals surface area (Å²) in [5.41, 5.74) is 0. The Hall–Kier alpha value is -0.530. The van der Waals surface area contributed by atoms with Crippen LogP contribution in [0.25, 0.3) is 0 Å². The van der Waals surface area contributed by atoms with Gasteiger partial charge in [0, 0.05) is 20.0 Å². The molecule has 1 aliphatic carbocycles. The van der Waals surface area contributed by atoms with Gasteiger partial charge in [0.15, 0.2) is 0 Å². The highest BCUT2D eigenvalue weighted by atomic mass is 16.2. The van der Waals surface area contributed by atoms with Crippen molar-refractivity contribution in [2.75, 3.05) is 13.6 Å². The minimum Gasteiger partial charge on any atom is -0.345 e. The summed E-state index contributed by atoms with van der Waals surface area (Å²) >= 11 is 0. The van der Waals surface area contributed by atoms with Crippen molar-refractivity contribution in [3.63, 3.8) is 0 Å². The predicted octanol–water partition coefficient (Wildman–Crippen LogP) is 1.51. The van der Waals surface area contributed by atoms with Gasteiger partial charge in [-0.15, -0.1) is 0 Å². The van der Waals surface area contributed by atoms with Crippen LogP contribution >= 0.6 is 0 Å². The maximum Gasteiger partial charge on any atom is 0.222 e. The summed E-state index contributed by atoms with van der Waals surface area (Å²) in [5.74, 6) is 2.70. The van der Waals surface area contributed by atoms with Gasteiger partial charge in [-0.3, -0.25) is 4.79 Å². The molecule has 1 saturated carbocycles. The van der Waals surface area contributed by atoms with Crippen molar-refractivity contribution in [2.45, 2.75) is 26.2 Å². The van der Waals surface area contributed by atoms with Crippen molar-refractivity contribution in [3.8, 4) is 0 Å². The molecule has 1 aliphatic heterocycles. The normalized spacial score (nSPS) is 41.7. The molecule has 2 aliphatic rings. The average molecular weight is 167 g/mol. The number of rotatable bonds is 0. The number of likely N-dealkylation sites (tertiary alicyclic amines) is 1. The van der Waals surface area contributed by atoms with E-state index in [9.17, 15) is 4.79 Å². The molecule has 0 spiro atoms. The molecule has 0 aromatic carbocycles. The Morgan fingerprint density at radius 2 is 2.17 bits per heavy atom. The van der Waals surface area contributed by atoms with E-state index in [1.165, 1.54) is 12.8 Å². The molecule has 68 valence electrons. The lowest BCUT2D eigenvalue weighted by Gasteiger charge is -2.34. The molecular weight excluding hydrogens is 150 g/mol. The molecule has 2 nitrogen and oxygen atoms in total. The monoisotopic (exact) mass is 167 g/mol. The third-order valence-electron chi connectivity index (χ3n) is 3.68. The van der Waals surface area contributed by atoms with Gasteiger partial charge in [0.25, 0.3) is 0 Å². The second-order valence-electron chi connectivity index (χ2n) is 4.46. The largest absolute Gasteiger partial charge is 0.345 e. The summed E-state index contributed by atoms with van der Waals surface area (Å²) in [6, 6.07) is 0. The Labute approximate surface area is 73.9 Å². The highest BCUT2D eigenvalue weighted by Crippen LogP contribution is 2.41. The van der Waals surface area contributed by atoms with Gasteiger partial charge in [0.05, 0.1) is 0 Å². The van der Waals surface area contributed by atoms with Crippen LogP contribution < -0.4 is 0 Å². The summed E-state index contributed by atoms with van der Waals surface area (Å²) < 4.78 is 0. The summed E-state index contributed by atoms with van der Waals surface area (Å²) in [4.78, 5) is 13.3. The standard InChI is InChI=1S/C10H17NO/c1-7-3-4-8-5-10(12)11(2)6-9(7)8/h7-9H,3-6H2,1-2H3/t7-,8+,9+/m0/s1. The van der Waals surface area contributed by atoms with Crippen molar-refractivity contribution < 1.29 is 4.79 Å². The number of hydrogen-bond acceptors (Lipinski definition) is 1. The number of carbonyl (C=O) groups is 1. The highest BCUT2D eigenvalue weighted by molar-refractivity contribution is 5.77. The number of carbonyl (C=O) groups excluding carboxylic acids is 1. The Morgan fingerprint density at radius 3 is 2.92 bits per heavy atom. The van der Waals surface area contributed by atoms with E-state index in [-0.39, 0.29) is 0 Å². The van der Waals surface area contributed by atoms with E-state index in [0.717, 1.165) is 24.8 Å². The zero-order chi connectivity index (χ0) is 8.72.